The van der Waals surface area contributed by atoms with E-state index in [1.54, 1.807) is 6.20 Å². The predicted octanol–water partition coefficient (Wildman–Crippen LogP) is 0.982. The maximum atomic E-state index is 11.4. The Labute approximate surface area is 139 Å². The summed E-state index contributed by atoms with van der Waals surface area (Å²) in [7, 11) is 0. The summed E-state index contributed by atoms with van der Waals surface area (Å²) in [5, 5.41) is 7.84. The van der Waals surface area contributed by atoms with Gasteiger partial charge in [-0.3, -0.25) is 9.48 Å². The van der Waals surface area contributed by atoms with Crippen LogP contribution in [0.25, 0.3) is 5.65 Å². The molecule has 124 valence electrons. The number of rotatable bonds is 5. The van der Waals surface area contributed by atoms with Crippen molar-refractivity contribution in [3.63, 3.8) is 0 Å². The monoisotopic (exact) mass is 324 g/mol. The van der Waals surface area contributed by atoms with Crippen molar-refractivity contribution >= 4 is 11.6 Å². The van der Waals surface area contributed by atoms with Gasteiger partial charge in [0.15, 0.2) is 0 Å². The Morgan fingerprint density at radius 2 is 2.33 bits per heavy atom. The Morgan fingerprint density at radius 1 is 1.42 bits per heavy atom. The number of fused-ring (bicyclic) bond motifs is 2. The van der Waals surface area contributed by atoms with E-state index in [-0.39, 0.29) is 5.91 Å². The third kappa shape index (κ3) is 2.67. The van der Waals surface area contributed by atoms with Gasteiger partial charge >= 0.3 is 0 Å². The van der Waals surface area contributed by atoms with E-state index >= 15 is 0 Å². The molecule has 0 radical (unpaired) electrons. The van der Waals surface area contributed by atoms with Crippen molar-refractivity contribution in [3.05, 3.63) is 53.7 Å². The van der Waals surface area contributed by atoms with Crippen molar-refractivity contribution in [3.8, 4) is 0 Å². The number of hydrogen-bond donors (Lipinski definition) is 2. The van der Waals surface area contributed by atoms with Crippen molar-refractivity contribution in [2.45, 2.75) is 25.9 Å². The number of carbonyl (C=O) groups is 1. The first-order chi connectivity index (χ1) is 11.7. The molecule has 0 bridgehead atoms. The second kappa shape index (κ2) is 6.09. The van der Waals surface area contributed by atoms with Crippen molar-refractivity contribution in [2.75, 3.05) is 6.54 Å². The normalized spacial score (nSPS) is 17.1. The summed E-state index contributed by atoms with van der Waals surface area (Å²) in [5.74, 6) is 0.112. The van der Waals surface area contributed by atoms with Gasteiger partial charge in [-0.25, -0.2) is 4.98 Å². The third-order valence-electron chi connectivity index (χ3n) is 4.69. The molecule has 3 aromatic rings. The molecule has 7 nitrogen and oxygen atoms in total. The fourth-order valence-electron chi connectivity index (χ4n) is 3.44. The van der Waals surface area contributed by atoms with Crippen LogP contribution in [0.3, 0.4) is 0 Å². The molecule has 0 saturated heterocycles. The number of nitrogens with one attached hydrogen (secondary N) is 1. The highest BCUT2D eigenvalue weighted by atomic mass is 16.1. The first-order valence-electron chi connectivity index (χ1n) is 8.18. The zero-order valence-corrected chi connectivity index (χ0v) is 13.4. The molecule has 3 aromatic heterocycles. The first-order valence-corrected chi connectivity index (χ1v) is 8.18. The highest BCUT2D eigenvalue weighted by molar-refractivity contribution is 5.93. The molecule has 0 fully saturated rings. The van der Waals surface area contributed by atoms with Gasteiger partial charge in [-0.15, -0.1) is 0 Å². The number of pyridine rings is 1. The van der Waals surface area contributed by atoms with Gasteiger partial charge in [-0.2, -0.15) is 5.10 Å². The first kappa shape index (κ1) is 14.9. The topological polar surface area (TPSA) is 90.2 Å². The van der Waals surface area contributed by atoms with Gasteiger partial charge in [0.05, 0.1) is 17.5 Å². The minimum absolute atomic E-state index is 0.388. The number of imidazole rings is 1. The third-order valence-corrected chi connectivity index (χ3v) is 4.69. The van der Waals surface area contributed by atoms with Crippen LogP contribution in [0.15, 0.2) is 36.8 Å². The van der Waals surface area contributed by atoms with Crippen LogP contribution >= 0.6 is 0 Å². The van der Waals surface area contributed by atoms with Crippen molar-refractivity contribution in [1.29, 1.82) is 0 Å². The number of nitrogens with two attached hydrogens (primary N) is 1. The number of carbonyl (C=O) groups excluding carboxylic acids is 1. The Kier molecular flexibility index (Phi) is 3.78. The summed E-state index contributed by atoms with van der Waals surface area (Å²) in [6.45, 7) is 2.53. The predicted molar refractivity (Wildman–Crippen MR) is 89.5 cm³/mol. The van der Waals surface area contributed by atoms with Gasteiger partial charge in [-0.1, -0.05) is 6.07 Å². The SMILES string of the molecule is NC(=O)c1cnn2c1CC[C@H](CNCc1cccc3nccn13)C2. The molecule has 1 aliphatic heterocycles. The summed E-state index contributed by atoms with van der Waals surface area (Å²) >= 11 is 0. The molecular formula is C17H20N6O. The fourth-order valence-corrected chi connectivity index (χ4v) is 3.44. The summed E-state index contributed by atoms with van der Waals surface area (Å²) in [6.07, 6.45) is 7.27. The quantitative estimate of drug-likeness (QED) is 0.732. The summed E-state index contributed by atoms with van der Waals surface area (Å²) in [4.78, 5) is 15.7. The smallest absolute Gasteiger partial charge is 0.252 e. The molecule has 4 rings (SSSR count). The lowest BCUT2D eigenvalue weighted by Gasteiger charge is -2.24. The molecule has 1 aliphatic rings. The summed E-state index contributed by atoms with van der Waals surface area (Å²) in [5.41, 5.74) is 9.08. The Morgan fingerprint density at radius 3 is 3.21 bits per heavy atom. The summed E-state index contributed by atoms with van der Waals surface area (Å²) < 4.78 is 4.02. The number of hydrogen-bond acceptors (Lipinski definition) is 4. The van der Waals surface area contributed by atoms with Crippen LogP contribution in [-0.2, 0) is 19.5 Å². The molecule has 0 aliphatic carbocycles. The van der Waals surface area contributed by atoms with Gasteiger partial charge in [0.1, 0.15) is 5.65 Å². The minimum Gasteiger partial charge on any atom is -0.365 e. The zero-order chi connectivity index (χ0) is 16.5. The molecule has 7 heteroatoms. The molecule has 0 spiro atoms. The number of primary amides is 1. The van der Waals surface area contributed by atoms with Gasteiger partial charge < -0.3 is 15.5 Å². The number of nitrogens with zero attached hydrogens (tertiary/aromatic N) is 4. The molecule has 1 atom stereocenters. The largest absolute Gasteiger partial charge is 0.365 e. The van der Waals surface area contributed by atoms with E-state index in [0.29, 0.717) is 11.5 Å². The Balaban J connectivity index is 1.37. The van der Waals surface area contributed by atoms with Crippen molar-refractivity contribution in [1.82, 2.24) is 24.5 Å². The zero-order valence-electron chi connectivity index (χ0n) is 13.4. The fraction of sp³-hybridized carbons (Fsp3) is 0.353. The lowest BCUT2D eigenvalue weighted by molar-refractivity contribution is 0.0998. The number of amides is 1. The summed E-state index contributed by atoms with van der Waals surface area (Å²) in [6, 6.07) is 6.13. The molecule has 0 saturated carbocycles. The van der Waals surface area contributed by atoms with Crippen LogP contribution in [0.2, 0.25) is 0 Å². The van der Waals surface area contributed by atoms with E-state index in [2.05, 4.69) is 25.9 Å². The highest BCUT2D eigenvalue weighted by Crippen LogP contribution is 2.21. The van der Waals surface area contributed by atoms with Crippen LogP contribution in [0.5, 0.6) is 0 Å². The van der Waals surface area contributed by atoms with Crippen molar-refractivity contribution < 1.29 is 4.79 Å². The van der Waals surface area contributed by atoms with Crippen LogP contribution < -0.4 is 11.1 Å². The second-order valence-electron chi connectivity index (χ2n) is 6.26. The molecule has 1 amide bonds. The van der Waals surface area contributed by atoms with E-state index in [1.807, 2.05) is 29.2 Å². The van der Waals surface area contributed by atoms with E-state index in [1.165, 1.54) is 5.69 Å². The maximum Gasteiger partial charge on any atom is 0.252 e. The van der Waals surface area contributed by atoms with E-state index in [0.717, 1.165) is 43.8 Å². The lowest BCUT2D eigenvalue weighted by atomic mass is 9.96. The molecule has 3 N–H and O–H groups in total. The van der Waals surface area contributed by atoms with Gasteiger partial charge in [0, 0.05) is 37.7 Å². The standard InChI is InChI=1S/C17H20N6O/c18-17(24)14-10-21-23-11-12(4-5-15(14)23)8-19-9-13-2-1-3-16-20-6-7-22(13)16/h1-3,6-7,10,12,19H,4-5,8-9,11H2,(H2,18,24)/t12-/m1/s1. The van der Waals surface area contributed by atoms with Crippen molar-refractivity contribution in [2.24, 2.45) is 11.7 Å². The van der Waals surface area contributed by atoms with Crippen LogP contribution in [0.1, 0.15) is 28.2 Å². The maximum absolute atomic E-state index is 11.4. The van der Waals surface area contributed by atoms with Gasteiger partial charge in [0.2, 0.25) is 0 Å². The molecule has 24 heavy (non-hydrogen) atoms. The van der Waals surface area contributed by atoms with Crippen LogP contribution in [0.4, 0.5) is 0 Å². The van der Waals surface area contributed by atoms with Crippen LogP contribution in [0, 0.1) is 5.92 Å². The van der Waals surface area contributed by atoms with Gasteiger partial charge in [-0.05, 0) is 30.9 Å². The van der Waals surface area contributed by atoms with Gasteiger partial charge in [0.25, 0.3) is 5.91 Å². The average Bonchev–Trinajstić information content (AvgIpc) is 3.21. The molecule has 4 heterocycles. The second-order valence-corrected chi connectivity index (χ2v) is 6.26. The van der Waals surface area contributed by atoms with E-state index < -0.39 is 0 Å². The highest BCUT2D eigenvalue weighted by Gasteiger charge is 2.23. The minimum atomic E-state index is -0.388. The molecule has 0 unspecified atom stereocenters. The lowest BCUT2D eigenvalue weighted by Crippen LogP contribution is -2.31. The van der Waals surface area contributed by atoms with E-state index in [9.17, 15) is 4.79 Å². The molecular weight excluding hydrogens is 304 g/mol. The molecule has 0 aromatic carbocycles. The van der Waals surface area contributed by atoms with E-state index in [4.69, 9.17) is 5.73 Å². The Hall–Kier alpha value is -2.67. The number of aromatic nitrogens is 4. The van der Waals surface area contributed by atoms with Crippen LogP contribution in [-0.4, -0.2) is 31.6 Å². The average molecular weight is 324 g/mol. The Bertz CT molecular complexity index is 880.